The first-order chi connectivity index (χ1) is 13.2. The van der Waals surface area contributed by atoms with Gasteiger partial charge in [0.25, 0.3) is 5.56 Å². The summed E-state index contributed by atoms with van der Waals surface area (Å²) >= 11 is 0. The topological polar surface area (TPSA) is 56.5 Å². The van der Waals surface area contributed by atoms with E-state index in [2.05, 4.69) is 10.1 Å². The predicted octanol–water partition coefficient (Wildman–Crippen LogP) is 4.14. The van der Waals surface area contributed by atoms with Gasteiger partial charge in [0.2, 0.25) is 0 Å². The molecule has 4 rings (SSSR count). The first-order valence-corrected chi connectivity index (χ1v) is 8.86. The molecule has 0 atom stereocenters. The normalized spacial score (nSPS) is 11.5. The summed E-state index contributed by atoms with van der Waals surface area (Å²) in [6.07, 6.45) is 1.68. The smallest absolute Gasteiger partial charge is 0.282 e. The number of nitrogens with zero attached hydrogens (tertiary/aromatic N) is 3. The number of hydrogen-bond acceptors (Lipinski definition) is 4. The molecule has 0 fully saturated rings. The molecule has 4 aromatic rings. The van der Waals surface area contributed by atoms with Crippen molar-refractivity contribution in [1.82, 2.24) is 9.66 Å². The van der Waals surface area contributed by atoms with E-state index in [1.165, 1.54) is 4.68 Å². The summed E-state index contributed by atoms with van der Waals surface area (Å²) in [7, 11) is 0. The predicted molar refractivity (Wildman–Crippen MR) is 109 cm³/mol. The van der Waals surface area contributed by atoms with Crippen molar-refractivity contribution in [3.63, 3.8) is 0 Å². The van der Waals surface area contributed by atoms with Crippen molar-refractivity contribution in [2.45, 2.75) is 13.8 Å². The minimum Gasteiger partial charge on any atom is -0.493 e. The Hall–Kier alpha value is -3.47. The summed E-state index contributed by atoms with van der Waals surface area (Å²) in [5.41, 5.74) is 1.33. The number of benzene rings is 3. The van der Waals surface area contributed by atoms with Gasteiger partial charge in [-0.3, -0.25) is 4.79 Å². The third-order valence-electron chi connectivity index (χ3n) is 4.45. The monoisotopic (exact) mass is 357 g/mol. The van der Waals surface area contributed by atoms with Gasteiger partial charge in [-0.05, 0) is 42.8 Å². The lowest BCUT2D eigenvalue weighted by Crippen LogP contribution is -2.20. The van der Waals surface area contributed by atoms with Gasteiger partial charge in [-0.25, -0.2) is 4.98 Å². The SMILES string of the molecule is CCOc1ccc2ccccc2c1C=Nn1c(C)nc2ccccc2c1=O. The Balaban J connectivity index is 1.90. The second kappa shape index (κ2) is 7.03. The molecule has 0 N–H and O–H groups in total. The van der Waals surface area contributed by atoms with Crippen LogP contribution in [0.1, 0.15) is 18.3 Å². The number of ether oxygens (including phenoxy) is 1. The van der Waals surface area contributed by atoms with Crippen LogP contribution >= 0.6 is 0 Å². The van der Waals surface area contributed by atoms with E-state index in [-0.39, 0.29) is 5.56 Å². The maximum Gasteiger partial charge on any atom is 0.282 e. The standard InChI is InChI=1S/C22H19N3O2/c1-3-27-21-13-12-16-8-4-5-9-17(16)19(21)14-23-25-15(2)24-20-11-7-6-10-18(20)22(25)26/h4-14H,3H2,1-2H3. The van der Waals surface area contributed by atoms with Crippen LogP contribution in [0.4, 0.5) is 0 Å². The van der Waals surface area contributed by atoms with Crippen molar-refractivity contribution in [1.29, 1.82) is 0 Å². The summed E-state index contributed by atoms with van der Waals surface area (Å²) in [5, 5.41) is 7.11. The van der Waals surface area contributed by atoms with Crippen molar-refractivity contribution in [3.8, 4) is 5.75 Å². The molecule has 0 aliphatic heterocycles. The lowest BCUT2D eigenvalue weighted by atomic mass is 10.0. The first-order valence-electron chi connectivity index (χ1n) is 8.86. The zero-order valence-corrected chi connectivity index (χ0v) is 15.2. The van der Waals surface area contributed by atoms with Crippen molar-refractivity contribution >= 4 is 27.9 Å². The minimum atomic E-state index is -0.187. The Morgan fingerprint density at radius 2 is 1.78 bits per heavy atom. The van der Waals surface area contributed by atoms with E-state index in [0.717, 1.165) is 22.1 Å². The molecule has 27 heavy (non-hydrogen) atoms. The van der Waals surface area contributed by atoms with E-state index >= 15 is 0 Å². The Kier molecular flexibility index (Phi) is 4.42. The van der Waals surface area contributed by atoms with Gasteiger partial charge in [-0.15, -0.1) is 0 Å². The number of fused-ring (bicyclic) bond motifs is 2. The molecule has 0 spiro atoms. The van der Waals surface area contributed by atoms with Crippen LogP contribution in [-0.4, -0.2) is 22.5 Å². The summed E-state index contributed by atoms with van der Waals surface area (Å²) < 4.78 is 7.10. The highest BCUT2D eigenvalue weighted by atomic mass is 16.5. The fourth-order valence-corrected chi connectivity index (χ4v) is 3.18. The van der Waals surface area contributed by atoms with Crippen molar-refractivity contribution in [3.05, 3.63) is 82.4 Å². The van der Waals surface area contributed by atoms with Crippen LogP contribution in [-0.2, 0) is 0 Å². The van der Waals surface area contributed by atoms with Crippen molar-refractivity contribution < 1.29 is 4.74 Å². The molecule has 0 unspecified atom stereocenters. The lowest BCUT2D eigenvalue weighted by molar-refractivity contribution is 0.340. The molecule has 1 heterocycles. The molecule has 3 aromatic carbocycles. The number of rotatable bonds is 4. The van der Waals surface area contributed by atoms with Crippen LogP contribution in [0.5, 0.6) is 5.75 Å². The van der Waals surface area contributed by atoms with Gasteiger partial charge in [-0.1, -0.05) is 42.5 Å². The molecular formula is C22H19N3O2. The van der Waals surface area contributed by atoms with Gasteiger partial charge in [0.1, 0.15) is 11.6 Å². The number of hydrogen-bond donors (Lipinski definition) is 0. The maximum absolute atomic E-state index is 12.8. The zero-order valence-electron chi connectivity index (χ0n) is 15.2. The number of aryl methyl sites for hydroxylation is 1. The largest absolute Gasteiger partial charge is 0.493 e. The molecule has 1 aromatic heterocycles. The molecular weight excluding hydrogens is 338 g/mol. The minimum absolute atomic E-state index is 0.187. The fraction of sp³-hybridized carbons (Fsp3) is 0.136. The van der Waals surface area contributed by atoms with Crippen LogP contribution in [0, 0.1) is 6.92 Å². The average molecular weight is 357 g/mol. The van der Waals surface area contributed by atoms with Crippen LogP contribution < -0.4 is 10.3 Å². The Morgan fingerprint density at radius 1 is 1.04 bits per heavy atom. The second-order valence-electron chi connectivity index (χ2n) is 6.17. The Bertz CT molecular complexity index is 1230. The molecule has 5 nitrogen and oxygen atoms in total. The highest BCUT2D eigenvalue weighted by Gasteiger charge is 2.09. The lowest BCUT2D eigenvalue weighted by Gasteiger charge is -2.11. The maximum atomic E-state index is 12.8. The molecule has 5 heteroatoms. The highest BCUT2D eigenvalue weighted by molar-refractivity contribution is 6.02. The van der Waals surface area contributed by atoms with Gasteiger partial charge >= 0.3 is 0 Å². The second-order valence-corrected chi connectivity index (χ2v) is 6.17. The molecule has 0 aliphatic carbocycles. The van der Waals surface area contributed by atoms with E-state index in [9.17, 15) is 4.79 Å². The summed E-state index contributed by atoms with van der Waals surface area (Å²) in [4.78, 5) is 17.3. The molecule has 0 radical (unpaired) electrons. The highest BCUT2D eigenvalue weighted by Crippen LogP contribution is 2.26. The van der Waals surface area contributed by atoms with E-state index in [1.54, 1.807) is 19.2 Å². The van der Waals surface area contributed by atoms with E-state index in [0.29, 0.717) is 23.3 Å². The number of aromatic nitrogens is 2. The third kappa shape index (κ3) is 3.08. The van der Waals surface area contributed by atoms with Gasteiger partial charge < -0.3 is 4.74 Å². The Morgan fingerprint density at radius 3 is 2.59 bits per heavy atom. The van der Waals surface area contributed by atoms with Crippen molar-refractivity contribution in [2.75, 3.05) is 6.61 Å². The molecule has 0 bridgehead atoms. The first kappa shape index (κ1) is 17.0. The molecule has 134 valence electrons. The van der Waals surface area contributed by atoms with Crippen LogP contribution in [0.2, 0.25) is 0 Å². The molecule has 0 saturated carbocycles. The zero-order chi connectivity index (χ0) is 18.8. The van der Waals surface area contributed by atoms with Crippen LogP contribution in [0.15, 0.2) is 70.6 Å². The van der Waals surface area contributed by atoms with Gasteiger partial charge in [-0.2, -0.15) is 9.78 Å². The fourth-order valence-electron chi connectivity index (χ4n) is 3.18. The summed E-state index contributed by atoms with van der Waals surface area (Å²) in [6.45, 7) is 4.27. The van der Waals surface area contributed by atoms with E-state index in [1.807, 2.05) is 61.5 Å². The quantitative estimate of drug-likeness (QED) is 0.516. The molecule has 0 amide bonds. The number of para-hydroxylation sites is 1. The average Bonchev–Trinajstić information content (AvgIpc) is 2.69. The van der Waals surface area contributed by atoms with Crippen LogP contribution in [0.25, 0.3) is 21.7 Å². The van der Waals surface area contributed by atoms with E-state index in [4.69, 9.17) is 4.74 Å². The Labute approximate surface area is 156 Å². The van der Waals surface area contributed by atoms with Crippen molar-refractivity contribution in [2.24, 2.45) is 5.10 Å². The molecule has 0 saturated heterocycles. The van der Waals surface area contributed by atoms with Gasteiger partial charge in [0, 0.05) is 5.56 Å². The van der Waals surface area contributed by atoms with Gasteiger partial charge in [0.15, 0.2) is 0 Å². The van der Waals surface area contributed by atoms with Gasteiger partial charge in [0.05, 0.1) is 23.7 Å². The van der Waals surface area contributed by atoms with E-state index < -0.39 is 0 Å². The summed E-state index contributed by atoms with van der Waals surface area (Å²) in [5.74, 6) is 1.27. The third-order valence-corrected chi connectivity index (χ3v) is 4.45. The summed E-state index contributed by atoms with van der Waals surface area (Å²) in [6, 6.07) is 19.3. The molecule has 0 aliphatic rings. The van der Waals surface area contributed by atoms with Crippen LogP contribution in [0.3, 0.4) is 0 Å².